The van der Waals surface area contributed by atoms with Crippen LogP contribution < -0.4 is 5.32 Å². The van der Waals surface area contributed by atoms with E-state index in [0.29, 0.717) is 0 Å². The quantitative estimate of drug-likeness (QED) is 0.605. The molecule has 0 aromatic rings. The lowest BCUT2D eigenvalue weighted by atomic mass is 10.5. The molecule has 1 N–H and O–H groups in total. The number of halogens is 1. The molecule has 0 rings (SSSR count). The van der Waals surface area contributed by atoms with Crippen molar-refractivity contribution in [1.82, 2.24) is 5.32 Å². The van der Waals surface area contributed by atoms with Crippen molar-refractivity contribution in [2.24, 2.45) is 0 Å². The molecule has 0 spiro atoms. The average molecular weight is 135 g/mol. The molecule has 0 heterocycles. The number of hydrogen-bond donors (Lipinski definition) is 1. The molecule has 0 aliphatic carbocycles. The van der Waals surface area contributed by atoms with Gasteiger partial charge in [0.15, 0.2) is 0 Å². The summed E-state index contributed by atoms with van der Waals surface area (Å²) in [7, 11) is 1.42. The number of alkyl halides is 1. The maximum Gasteiger partial charge on any atom is 0.406 e. The van der Waals surface area contributed by atoms with Crippen molar-refractivity contribution in [2.75, 3.05) is 13.7 Å². The zero-order valence-corrected chi connectivity index (χ0v) is 5.48. The Bertz CT molecular complexity index is 95.0. The Morgan fingerprint density at radius 2 is 2.44 bits per heavy atom. The molecule has 9 heavy (non-hydrogen) atoms. The standard InChI is InChI=1S/C5H10FNO2/c1-4(6)3-9-5(8)7-2/h4H,3H2,1-2H3,(H,7,8). The second-order valence-electron chi connectivity index (χ2n) is 1.63. The molecule has 0 fully saturated rings. The van der Waals surface area contributed by atoms with E-state index in [2.05, 4.69) is 10.1 Å². The van der Waals surface area contributed by atoms with E-state index < -0.39 is 12.3 Å². The number of amides is 1. The van der Waals surface area contributed by atoms with E-state index >= 15 is 0 Å². The lowest BCUT2D eigenvalue weighted by Crippen LogP contribution is -2.22. The number of rotatable bonds is 2. The summed E-state index contributed by atoms with van der Waals surface area (Å²) in [6.45, 7) is 1.14. The van der Waals surface area contributed by atoms with Crippen LogP contribution in [0.4, 0.5) is 9.18 Å². The van der Waals surface area contributed by atoms with Gasteiger partial charge in [-0.25, -0.2) is 9.18 Å². The molecule has 1 unspecified atom stereocenters. The summed E-state index contributed by atoms with van der Waals surface area (Å²) in [6.07, 6.45) is -1.69. The first-order valence-electron chi connectivity index (χ1n) is 2.65. The Hall–Kier alpha value is -0.800. The highest BCUT2D eigenvalue weighted by Crippen LogP contribution is 1.88. The van der Waals surface area contributed by atoms with Gasteiger partial charge < -0.3 is 10.1 Å². The Morgan fingerprint density at radius 1 is 1.89 bits per heavy atom. The summed E-state index contributed by atoms with van der Waals surface area (Å²) in [4.78, 5) is 10.2. The summed E-state index contributed by atoms with van der Waals surface area (Å²) < 4.78 is 16.2. The third-order valence-corrected chi connectivity index (χ3v) is 0.648. The van der Waals surface area contributed by atoms with Gasteiger partial charge >= 0.3 is 6.09 Å². The van der Waals surface area contributed by atoms with Crippen molar-refractivity contribution >= 4 is 6.09 Å². The molecule has 3 nitrogen and oxygen atoms in total. The Morgan fingerprint density at radius 3 is 2.78 bits per heavy atom. The molecule has 54 valence electrons. The molecule has 1 atom stereocenters. The van der Waals surface area contributed by atoms with Crippen molar-refractivity contribution in [3.63, 3.8) is 0 Å². The fraction of sp³-hybridized carbons (Fsp3) is 0.800. The highest BCUT2D eigenvalue weighted by atomic mass is 19.1. The maximum absolute atomic E-state index is 11.9. The lowest BCUT2D eigenvalue weighted by Gasteiger charge is -2.02. The smallest absolute Gasteiger partial charge is 0.406 e. The van der Waals surface area contributed by atoms with E-state index in [0.717, 1.165) is 0 Å². The predicted octanol–water partition coefficient (Wildman–Crippen LogP) is 0.700. The maximum atomic E-state index is 11.9. The van der Waals surface area contributed by atoms with Gasteiger partial charge in [-0.1, -0.05) is 0 Å². The Balaban J connectivity index is 3.17. The highest BCUT2D eigenvalue weighted by molar-refractivity contribution is 5.66. The first-order chi connectivity index (χ1) is 4.16. The fourth-order valence-electron chi connectivity index (χ4n) is 0.263. The van der Waals surface area contributed by atoms with E-state index in [-0.39, 0.29) is 6.61 Å². The van der Waals surface area contributed by atoms with Crippen LogP contribution in [0.2, 0.25) is 0 Å². The molecule has 0 aromatic carbocycles. The summed E-state index contributed by atoms with van der Waals surface area (Å²) in [5.41, 5.74) is 0. The van der Waals surface area contributed by atoms with Gasteiger partial charge in [0, 0.05) is 7.05 Å². The number of ether oxygens (including phenoxy) is 1. The summed E-state index contributed by atoms with van der Waals surface area (Å²) in [6, 6.07) is 0. The van der Waals surface area contributed by atoms with Gasteiger partial charge in [0.2, 0.25) is 0 Å². The van der Waals surface area contributed by atoms with Crippen LogP contribution in [0, 0.1) is 0 Å². The van der Waals surface area contributed by atoms with E-state index in [1.807, 2.05) is 0 Å². The predicted molar refractivity (Wildman–Crippen MR) is 31.0 cm³/mol. The average Bonchev–Trinajstić information content (AvgIpc) is 1.83. The van der Waals surface area contributed by atoms with E-state index in [4.69, 9.17) is 0 Å². The van der Waals surface area contributed by atoms with Crippen LogP contribution in [0.5, 0.6) is 0 Å². The number of carbonyl (C=O) groups excluding carboxylic acids is 1. The van der Waals surface area contributed by atoms with Gasteiger partial charge in [-0.15, -0.1) is 0 Å². The monoisotopic (exact) mass is 135 g/mol. The second kappa shape index (κ2) is 4.12. The van der Waals surface area contributed by atoms with Gasteiger partial charge in [0.05, 0.1) is 0 Å². The van der Waals surface area contributed by atoms with Crippen LogP contribution in [0.3, 0.4) is 0 Å². The first kappa shape index (κ1) is 8.20. The molecule has 1 amide bonds. The molecular formula is C5H10FNO2. The number of hydrogen-bond acceptors (Lipinski definition) is 2. The van der Waals surface area contributed by atoms with Crippen molar-refractivity contribution in [1.29, 1.82) is 0 Å². The number of nitrogens with one attached hydrogen (secondary N) is 1. The number of carbonyl (C=O) groups is 1. The van der Waals surface area contributed by atoms with Gasteiger partial charge in [-0.2, -0.15) is 0 Å². The minimum Gasteiger partial charge on any atom is -0.446 e. The van der Waals surface area contributed by atoms with E-state index in [1.54, 1.807) is 0 Å². The molecular weight excluding hydrogens is 125 g/mol. The highest BCUT2D eigenvalue weighted by Gasteiger charge is 2.01. The number of alkyl carbamates (subject to hydrolysis) is 1. The van der Waals surface area contributed by atoms with Crippen LogP contribution >= 0.6 is 0 Å². The van der Waals surface area contributed by atoms with Crippen LogP contribution in [0.25, 0.3) is 0 Å². The molecule has 0 aromatic heterocycles. The van der Waals surface area contributed by atoms with Gasteiger partial charge in [-0.3, -0.25) is 0 Å². The Labute approximate surface area is 53.2 Å². The zero-order chi connectivity index (χ0) is 7.28. The third-order valence-electron chi connectivity index (χ3n) is 0.648. The molecule has 4 heteroatoms. The van der Waals surface area contributed by atoms with Crippen LogP contribution in [-0.4, -0.2) is 25.9 Å². The van der Waals surface area contributed by atoms with Gasteiger partial charge in [-0.05, 0) is 6.92 Å². The first-order valence-corrected chi connectivity index (χ1v) is 2.65. The topological polar surface area (TPSA) is 38.3 Å². The van der Waals surface area contributed by atoms with Crippen molar-refractivity contribution in [3.05, 3.63) is 0 Å². The zero-order valence-electron chi connectivity index (χ0n) is 5.48. The van der Waals surface area contributed by atoms with Crippen molar-refractivity contribution in [2.45, 2.75) is 13.1 Å². The molecule has 0 aliphatic heterocycles. The minimum atomic E-state index is -1.10. The summed E-state index contributed by atoms with van der Waals surface area (Å²) in [5, 5.41) is 2.19. The van der Waals surface area contributed by atoms with Crippen molar-refractivity contribution < 1.29 is 13.9 Å². The van der Waals surface area contributed by atoms with Crippen LogP contribution in [0.15, 0.2) is 0 Å². The second-order valence-corrected chi connectivity index (χ2v) is 1.63. The third kappa shape index (κ3) is 5.06. The Kier molecular flexibility index (Phi) is 3.75. The van der Waals surface area contributed by atoms with Crippen LogP contribution in [-0.2, 0) is 4.74 Å². The van der Waals surface area contributed by atoms with E-state index in [9.17, 15) is 9.18 Å². The molecule has 0 saturated carbocycles. The minimum absolute atomic E-state index is 0.181. The SMILES string of the molecule is CNC(=O)OCC(C)F. The van der Waals surface area contributed by atoms with Gasteiger partial charge in [0.25, 0.3) is 0 Å². The fourth-order valence-corrected chi connectivity index (χ4v) is 0.263. The normalized spacial score (nSPS) is 12.3. The molecule has 0 bridgehead atoms. The summed E-state index contributed by atoms with van der Waals surface area (Å²) in [5.74, 6) is 0. The van der Waals surface area contributed by atoms with E-state index in [1.165, 1.54) is 14.0 Å². The molecule has 0 aliphatic rings. The van der Waals surface area contributed by atoms with Crippen LogP contribution in [0.1, 0.15) is 6.92 Å². The van der Waals surface area contributed by atoms with Gasteiger partial charge in [0.1, 0.15) is 12.8 Å². The molecule has 0 radical (unpaired) electrons. The largest absolute Gasteiger partial charge is 0.446 e. The van der Waals surface area contributed by atoms with Crippen molar-refractivity contribution in [3.8, 4) is 0 Å². The molecule has 0 saturated heterocycles. The lowest BCUT2D eigenvalue weighted by molar-refractivity contribution is 0.119. The summed E-state index contributed by atoms with van der Waals surface area (Å²) >= 11 is 0.